The summed E-state index contributed by atoms with van der Waals surface area (Å²) in [4.78, 5) is 16.5. The first-order chi connectivity index (χ1) is 9.29. The maximum Gasteiger partial charge on any atom is 0.250 e. The molecule has 19 heavy (non-hydrogen) atoms. The zero-order valence-corrected chi connectivity index (χ0v) is 11.5. The molecule has 5 nitrogen and oxygen atoms in total. The number of pyridine rings is 1. The molecule has 5 heteroatoms. The van der Waals surface area contributed by atoms with E-state index in [4.69, 9.17) is 5.73 Å². The summed E-state index contributed by atoms with van der Waals surface area (Å²) >= 11 is 0. The smallest absolute Gasteiger partial charge is 0.250 e. The molecule has 0 aliphatic carbocycles. The summed E-state index contributed by atoms with van der Waals surface area (Å²) in [6, 6.07) is 5.31. The Balaban J connectivity index is 1.80. The van der Waals surface area contributed by atoms with E-state index in [0.29, 0.717) is 0 Å². The van der Waals surface area contributed by atoms with Crippen molar-refractivity contribution in [2.75, 3.05) is 45.8 Å². The lowest BCUT2D eigenvalue weighted by Crippen LogP contribution is -2.35. The summed E-state index contributed by atoms with van der Waals surface area (Å²) in [5, 5.41) is 0. The van der Waals surface area contributed by atoms with Gasteiger partial charge < -0.3 is 20.1 Å². The number of aromatic nitrogens is 1. The normalized spacial score (nSPS) is 18.4. The molecule has 0 aromatic carbocycles. The second kappa shape index (κ2) is 7.43. The van der Waals surface area contributed by atoms with Gasteiger partial charge >= 0.3 is 0 Å². The van der Waals surface area contributed by atoms with E-state index in [1.807, 2.05) is 12.3 Å². The Hall–Kier alpha value is -1.17. The number of nitrogens with two attached hydrogens (primary N) is 1. The topological polar surface area (TPSA) is 54.5 Å². The molecule has 1 aromatic rings. The van der Waals surface area contributed by atoms with Gasteiger partial charge in [-0.1, -0.05) is 6.07 Å². The predicted octanol–water partition coefficient (Wildman–Crippen LogP) is -0.185. The molecule has 1 aromatic heterocycles. The fraction of sp³-hybridized carbons (Fsp3) is 0.643. The van der Waals surface area contributed by atoms with Crippen LogP contribution in [0.5, 0.6) is 0 Å². The van der Waals surface area contributed by atoms with E-state index in [1.165, 1.54) is 6.42 Å². The average Bonchev–Trinajstić information content (AvgIpc) is 2.64. The molecular weight excluding hydrogens is 240 g/mol. The Morgan fingerprint density at radius 2 is 1.74 bits per heavy atom. The van der Waals surface area contributed by atoms with E-state index in [1.54, 1.807) is 16.7 Å². The minimum absolute atomic E-state index is 0.0853. The van der Waals surface area contributed by atoms with Crippen LogP contribution in [-0.4, -0.2) is 60.2 Å². The minimum atomic E-state index is 0.0853. The molecule has 1 fully saturated rings. The van der Waals surface area contributed by atoms with Gasteiger partial charge in [-0.2, -0.15) is 0 Å². The largest absolute Gasteiger partial charge is 0.329 e. The second-order valence-corrected chi connectivity index (χ2v) is 5.06. The summed E-state index contributed by atoms with van der Waals surface area (Å²) < 4.78 is 1.78. The zero-order valence-electron chi connectivity index (χ0n) is 11.5. The molecule has 1 aliphatic rings. The molecule has 106 valence electrons. The molecular formula is C14H24N4O. The van der Waals surface area contributed by atoms with Crippen LogP contribution in [0.3, 0.4) is 0 Å². The molecule has 0 radical (unpaired) electrons. The Bertz CT molecular complexity index is 431. The molecule has 0 saturated carbocycles. The highest BCUT2D eigenvalue weighted by Crippen LogP contribution is 2.02. The third-order valence-electron chi connectivity index (χ3n) is 3.68. The first-order valence-corrected chi connectivity index (χ1v) is 7.10. The first kappa shape index (κ1) is 14.2. The van der Waals surface area contributed by atoms with Crippen molar-refractivity contribution < 1.29 is 0 Å². The Morgan fingerprint density at radius 3 is 2.42 bits per heavy atom. The van der Waals surface area contributed by atoms with Crippen LogP contribution in [0.25, 0.3) is 0 Å². The van der Waals surface area contributed by atoms with Crippen molar-refractivity contribution in [2.45, 2.75) is 13.0 Å². The molecule has 0 amide bonds. The SMILES string of the molecule is NCCN1CCCN(CCn2ccccc2=O)CC1. The van der Waals surface area contributed by atoms with Gasteiger partial charge in [0.1, 0.15) is 0 Å². The zero-order chi connectivity index (χ0) is 13.5. The van der Waals surface area contributed by atoms with Crippen LogP contribution in [0.4, 0.5) is 0 Å². The lowest BCUT2D eigenvalue weighted by Gasteiger charge is -2.21. The van der Waals surface area contributed by atoms with E-state index >= 15 is 0 Å². The molecule has 0 atom stereocenters. The number of rotatable bonds is 5. The lowest BCUT2D eigenvalue weighted by atomic mass is 10.3. The monoisotopic (exact) mass is 264 g/mol. The number of hydrogen-bond donors (Lipinski definition) is 1. The summed E-state index contributed by atoms with van der Waals surface area (Å²) in [5.41, 5.74) is 5.69. The van der Waals surface area contributed by atoms with Crippen molar-refractivity contribution >= 4 is 0 Å². The fourth-order valence-electron chi connectivity index (χ4n) is 2.55. The fourth-order valence-corrected chi connectivity index (χ4v) is 2.55. The van der Waals surface area contributed by atoms with Gasteiger partial charge in [0.05, 0.1) is 0 Å². The van der Waals surface area contributed by atoms with E-state index in [2.05, 4.69) is 9.80 Å². The predicted molar refractivity (Wildman–Crippen MR) is 77.3 cm³/mol. The van der Waals surface area contributed by atoms with Gasteiger partial charge in [-0.15, -0.1) is 0 Å². The molecule has 1 saturated heterocycles. The van der Waals surface area contributed by atoms with Gasteiger partial charge in [0.15, 0.2) is 0 Å². The molecule has 0 unspecified atom stereocenters. The van der Waals surface area contributed by atoms with Crippen LogP contribution in [0, 0.1) is 0 Å². The lowest BCUT2D eigenvalue weighted by molar-refractivity contribution is 0.253. The molecule has 2 rings (SSSR count). The average molecular weight is 264 g/mol. The maximum absolute atomic E-state index is 11.6. The van der Waals surface area contributed by atoms with Gasteiger partial charge in [0.25, 0.3) is 5.56 Å². The van der Waals surface area contributed by atoms with Crippen molar-refractivity contribution in [3.63, 3.8) is 0 Å². The van der Waals surface area contributed by atoms with Crippen molar-refractivity contribution in [1.29, 1.82) is 0 Å². The first-order valence-electron chi connectivity index (χ1n) is 7.10. The van der Waals surface area contributed by atoms with Gasteiger partial charge in [-0.25, -0.2) is 0 Å². The van der Waals surface area contributed by atoms with Crippen LogP contribution in [-0.2, 0) is 6.54 Å². The van der Waals surface area contributed by atoms with E-state index in [-0.39, 0.29) is 5.56 Å². The molecule has 2 heterocycles. The highest BCUT2D eigenvalue weighted by atomic mass is 16.1. The quantitative estimate of drug-likeness (QED) is 0.801. The Labute approximate surface area is 114 Å². The highest BCUT2D eigenvalue weighted by molar-refractivity contribution is 4.93. The molecule has 1 aliphatic heterocycles. The summed E-state index contributed by atoms with van der Waals surface area (Å²) in [6.45, 7) is 7.85. The van der Waals surface area contributed by atoms with E-state index in [9.17, 15) is 4.79 Å². The van der Waals surface area contributed by atoms with Crippen molar-refractivity contribution in [3.05, 3.63) is 34.7 Å². The van der Waals surface area contributed by atoms with Crippen molar-refractivity contribution in [2.24, 2.45) is 5.73 Å². The summed E-state index contributed by atoms with van der Waals surface area (Å²) in [6.07, 6.45) is 3.05. The van der Waals surface area contributed by atoms with Gasteiger partial charge in [0.2, 0.25) is 0 Å². The number of nitrogens with zero attached hydrogens (tertiary/aromatic N) is 3. The second-order valence-electron chi connectivity index (χ2n) is 5.06. The van der Waals surface area contributed by atoms with Crippen LogP contribution in [0.15, 0.2) is 29.2 Å². The third-order valence-corrected chi connectivity index (χ3v) is 3.68. The summed E-state index contributed by atoms with van der Waals surface area (Å²) in [7, 11) is 0. The van der Waals surface area contributed by atoms with E-state index < -0.39 is 0 Å². The third kappa shape index (κ3) is 4.45. The van der Waals surface area contributed by atoms with Gasteiger partial charge in [0, 0.05) is 51.5 Å². The number of hydrogen-bond acceptors (Lipinski definition) is 4. The van der Waals surface area contributed by atoms with Gasteiger partial charge in [-0.05, 0) is 25.6 Å². The van der Waals surface area contributed by atoms with Crippen molar-refractivity contribution in [3.8, 4) is 0 Å². The Morgan fingerprint density at radius 1 is 1.00 bits per heavy atom. The van der Waals surface area contributed by atoms with E-state index in [0.717, 1.165) is 52.4 Å². The molecule has 0 spiro atoms. The minimum Gasteiger partial charge on any atom is -0.329 e. The Kier molecular flexibility index (Phi) is 5.57. The van der Waals surface area contributed by atoms with Crippen molar-refractivity contribution in [1.82, 2.24) is 14.4 Å². The van der Waals surface area contributed by atoms with Crippen LogP contribution < -0.4 is 11.3 Å². The van der Waals surface area contributed by atoms with Gasteiger partial charge in [-0.3, -0.25) is 4.79 Å². The molecule has 0 bridgehead atoms. The van der Waals surface area contributed by atoms with Crippen LogP contribution >= 0.6 is 0 Å². The highest BCUT2D eigenvalue weighted by Gasteiger charge is 2.13. The van der Waals surface area contributed by atoms with Crippen LogP contribution in [0.1, 0.15) is 6.42 Å². The summed E-state index contributed by atoms with van der Waals surface area (Å²) in [5.74, 6) is 0. The van der Waals surface area contributed by atoms with Crippen LogP contribution in [0.2, 0.25) is 0 Å². The maximum atomic E-state index is 11.6. The molecule has 2 N–H and O–H groups in total. The standard InChI is InChI=1S/C14H24N4O/c15-5-9-16-6-3-7-17(11-10-16)12-13-18-8-2-1-4-14(18)19/h1-2,4,8H,3,5-7,9-13,15H2.